The fourth-order valence-corrected chi connectivity index (χ4v) is 13.5. The molecule has 1 N–H and O–H groups in total. The molecule has 2 spiro atoms. The molecule has 72 heavy (non-hydrogen) atoms. The van der Waals surface area contributed by atoms with Crippen LogP contribution < -0.4 is 4.74 Å². The number of benzene rings is 3. The van der Waals surface area contributed by atoms with Crippen LogP contribution in [0.1, 0.15) is 115 Å². The molecule has 6 aliphatic rings. The largest absolute Gasteiger partial charge is 0.497 e. The van der Waals surface area contributed by atoms with Crippen molar-refractivity contribution >= 4 is 45.3 Å². The molecule has 3 aromatic carbocycles. The molecule has 2 aliphatic heterocycles. The summed E-state index contributed by atoms with van der Waals surface area (Å²) in [5.41, 5.74) is 5.17. The molecule has 13 rings (SSSR count). The second kappa shape index (κ2) is 18.5. The van der Waals surface area contributed by atoms with Crippen molar-refractivity contribution in [1.29, 1.82) is 0 Å². The topological polar surface area (TPSA) is 137 Å². The van der Waals surface area contributed by atoms with Crippen molar-refractivity contribution in [3.8, 4) is 5.75 Å². The van der Waals surface area contributed by atoms with Gasteiger partial charge in [-0.2, -0.15) is 0 Å². The number of methoxy groups -OCH3 is 1. The van der Waals surface area contributed by atoms with Gasteiger partial charge in [0.05, 0.1) is 54.4 Å². The van der Waals surface area contributed by atoms with E-state index in [0.717, 1.165) is 83.0 Å². The molecule has 1 unspecified atom stereocenters. The zero-order chi connectivity index (χ0) is 48.4. The number of ether oxygens (including phenoxy) is 6. The van der Waals surface area contributed by atoms with Gasteiger partial charge in [-0.25, -0.2) is 19.9 Å². The maximum Gasteiger partial charge on any atom is 0.163 e. The molecule has 13 nitrogen and oxygen atoms in total. The highest BCUT2D eigenvalue weighted by molar-refractivity contribution is 6.34. The van der Waals surface area contributed by atoms with Gasteiger partial charge in [0.15, 0.2) is 11.6 Å². The Morgan fingerprint density at radius 1 is 0.597 bits per heavy atom. The van der Waals surface area contributed by atoms with Crippen LogP contribution in [-0.2, 0) is 29.3 Å². The van der Waals surface area contributed by atoms with Gasteiger partial charge in [0.2, 0.25) is 0 Å². The minimum Gasteiger partial charge on any atom is -0.497 e. The lowest BCUT2D eigenvalue weighted by Gasteiger charge is -2.51. The monoisotopic (exact) mass is 1020 g/mol. The van der Waals surface area contributed by atoms with E-state index in [1.165, 1.54) is 18.2 Å². The summed E-state index contributed by atoms with van der Waals surface area (Å²) in [5, 5.41) is 12.5. The molecular formula is C57H66Cl2N6O7. The molecule has 0 bridgehead atoms. The third-order valence-electron chi connectivity index (χ3n) is 16.1. The first-order chi connectivity index (χ1) is 33.6. The third kappa shape index (κ3) is 8.23. The molecule has 15 heteroatoms. The molecule has 7 atom stereocenters. The summed E-state index contributed by atoms with van der Waals surface area (Å²) in [4.78, 5) is 17.3. The van der Waals surface area contributed by atoms with Crippen LogP contribution in [0.25, 0.3) is 22.1 Å². The number of nitrogens with zero attached hydrogens (tertiary/aromatic N) is 6. The zero-order valence-electron chi connectivity index (χ0n) is 40.2. The summed E-state index contributed by atoms with van der Waals surface area (Å²) < 4.78 is 43.2. The van der Waals surface area contributed by atoms with Crippen molar-refractivity contribution < 1.29 is 33.5 Å². The Labute approximate surface area is 432 Å². The molecule has 2 saturated heterocycles. The van der Waals surface area contributed by atoms with Crippen LogP contribution in [0, 0.1) is 17.8 Å². The Morgan fingerprint density at radius 3 is 1.53 bits per heavy atom. The fourth-order valence-electron chi connectivity index (χ4n) is 13.2. The second-order valence-corrected chi connectivity index (χ2v) is 22.1. The molecule has 6 fully saturated rings. The van der Waals surface area contributed by atoms with Crippen molar-refractivity contribution in [2.75, 3.05) is 7.11 Å². The van der Waals surface area contributed by atoms with E-state index in [-0.39, 0.29) is 74.4 Å². The minimum absolute atomic E-state index is 0. The maximum atomic E-state index is 9.91. The van der Waals surface area contributed by atoms with Crippen LogP contribution >= 0.6 is 23.2 Å². The van der Waals surface area contributed by atoms with Crippen LogP contribution in [0.5, 0.6) is 5.75 Å². The van der Waals surface area contributed by atoms with Crippen molar-refractivity contribution in [3.05, 3.63) is 149 Å². The number of hydrogen-bond acceptors (Lipinski definition) is 11. The van der Waals surface area contributed by atoms with E-state index < -0.39 is 17.2 Å². The number of rotatable bonds is 8. The number of fused-ring (bicyclic) bond motifs is 6. The summed E-state index contributed by atoms with van der Waals surface area (Å²) in [6, 6.07) is 31.7. The average Bonchev–Trinajstić information content (AvgIpc) is 4.18. The Balaban J connectivity index is 0.000000193. The first-order valence-corrected chi connectivity index (χ1v) is 25.1. The standard InChI is InChI=1S/C38H38ClN3O4.C17H20ClN3O3.2CH4/c1-24-10-12-26(13-11-24)38(25-8-6-5-7-9-25,27-14-16-28(43-4)17-15-27)44-29-20-37(21-29)22-31(32-33(37)46-36(2,3)45-32)42-19-18-30-34(39)40-23-41-35(30)42;1-16(2)23-12-11(7-17(13(12)24-16)5-9(22)6-17)21-4-3-10-14(18)19-8-20-15(10)21;;/h5-19,23,29,31-33H,20-22H2,1-4H3;3-4,8-9,11-13,22H,5-7H2,1-2H3;2*1H4/t29?,31-,32+,33+,37?,38?;9?,11-,12+,13+,17?;;/m11../s1. The number of aliphatic hydroxyl groups is 1. The highest BCUT2D eigenvalue weighted by Gasteiger charge is 2.68. The molecule has 0 amide bonds. The fraction of sp³-hybridized carbons (Fsp3) is 0.474. The summed E-state index contributed by atoms with van der Waals surface area (Å²) in [5.74, 6) is -0.469. The normalized spacial score (nSPS) is 31.1. The average molecular weight is 1020 g/mol. The van der Waals surface area contributed by atoms with Crippen molar-refractivity contribution in [2.24, 2.45) is 10.8 Å². The van der Waals surface area contributed by atoms with Crippen LogP contribution in [-0.4, -0.2) is 89.5 Å². The van der Waals surface area contributed by atoms with Gasteiger partial charge in [-0.05, 0) is 114 Å². The van der Waals surface area contributed by atoms with E-state index in [1.807, 2.05) is 58.2 Å². The van der Waals surface area contributed by atoms with Gasteiger partial charge < -0.3 is 42.7 Å². The second-order valence-electron chi connectivity index (χ2n) is 21.4. The molecule has 4 aromatic heterocycles. The first-order valence-electron chi connectivity index (χ1n) is 24.4. The van der Waals surface area contributed by atoms with E-state index in [9.17, 15) is 5.11 Å². The molecule has 380 valence electrons. The van der Waals surface area contributed by atoms with Crippen LogP contribution in [0.15, 0.2) is 116 Å². The van der Waals surface area contributed by atoms with Gasteiger partial charge in [0, 0.05) is 23.2 Å². The molecule has 0 radical (unpaired) electrons. The van der Waals surface area contributed by atoms with E-state index in [0.29, 0.717) is 10.3 Å². The highest BCUT2D eigenvalue weighted by Crippen LogP contribution is 2.65. The first kappa shape index (κ1) is 50.6. The van der Waals surface area contributed by atoms with Crippen molar-refractivity contribution in [1.82, 2.24) is 29.1 Å². The van der Waals surface area contributed by atoms with E-state index >= 15 is 0 Å². The maximum absolute atomic E-state index is 9.91. The minimum atomic E-state index is -0.818. The van der Waals surface area contributed by atoms with Crippen molar-refractivity contribution in [2.45, 2.75) is 154 Å². The Hall–Kier alpha value is -4.96. The smallest absolute Gasteiger partial charge is 0.163 e. The Bertz CT molecular complexity index is 3060. The number of aliphatic hydroxyl groups excluding tert-OH is 1. The number of hydrogen-bond donors (Lipinski definition) is 1. The summed E-state index contributed by atoms with van der Waals surface area (Å²) in [7, 11) is 1.69. The number of aromatic nitrogens is 6. The molecule has 6 heterocycles. The zero-order valence-corrected chi connectivity index (χ0v) is 41.7. The molecular weight excluding hydrogens is 952 g/mol. The summed E-state index contributed by atoms with van der Waals surface area (Å²) >= 11 is 12.6. The van der Waals surface area contributed by atoms with E-state index in [2.05, 4.69) is 109 Å². The lowest BCUT2D eigenvalue weighted by Crippen LogP contribution is -2.52. The van der Waals surface area contributed by atoms with Gasteiger partial charge in [-0.15, -0.1) is 0 Å². The quantitative estimate of drug-likeness (QED) is 0.115. The predicted octanol–water partition coefficient (Wildman–Crippen LogP) is 12.0. The summed E-state index contributed by atoms with van der Waals surface area (Å²) in [6.07, 6.45) is 11.7. The van der Waals surface area contributed by atoms with Gasteiger partial charge in [0.25, 0.3) is 0 Å². The summed E-state index contributed by atoms with van der Waals surface area (Å²) in [6.45, 7) is 10.0. The van der Waals surface area contributed by atoms with Gasteiger partial charge >= 0.3 is 0 Å². The van der Waals surface area contributed by atoms with Crippen LogP contribution in [0.2, 0.25) is 10.3 Å². The molecule has 7 aromatic rings. The van der Waals surface area contributed by atoms with E-state index in [1.54, 1.807) is 7.11 Å². The predicted molar refractivity (Wildman–Crippen MR) is 278 cm³/mol. The van der Waals surface area contributed by atoms with Crippen LogP contribution in [0.3, 0.4) is 0 Å². The number of halogens is 2. The Kier molecular flexibility index (Phi) is 13.0. The van der Waals surface area contributed by atoms with E-state index in [4.69, 9.17) is 51.6 Å². The van der Waals surface area contributed by atoms with Gasteiger partial charge in [-0.3, -0.25) is 0 Å². The van der Waals surface area contributed by atoms with Gasteiger partial charge in [0.1, 0.15) is 57.8 Å². The Morgan fingerprint density at radius 2 is 1.06 bits per heavy atom. The highest BCUT2D eigenvalue weighted by atomic mass is 35.5. The van der Waals surface area contributed by atoms with Crippen molar-refractivity contribution in [3.63, 3.8) is 0 Å². The third-order valence-corrected chi connectivity index (χ3v) is 16.7. The molecule has 4 saturated carbocycles. The SMILES string of the molecule is C.C.CC1(C)O[C@H]2[C@H](n3ccc4c(Cl)ncnc43)CC3(CC(O)C3)[C@H]2O1.COc1ccc(C(OC2CC3(C2)C[C@@H](n2ccc4c(Cl)ncnc42)[C@@H]2OC(C)(C)O[C@@H]23)(c2ccccc2)c2ccc(C)cc2)cc1. The number of aryl methyl sites for hydroxylation is 1. The molecule has 4 aliphatic carbocycles. The lowest BCUT2D eigenvalue weighted by atomic mass is 9.63. The lowest BCUT2D eigenvalue weighted by molar-refractivity contribution is -0.204. The van der Waals surface area contributed by atoms with Crippen LogP contribution in [0.4, 0.5) is 0 Å². The van der Waals surface area contributed by atoms with Gasteiger partial charge in [-0.1, -0.05) is 110 Å².